The van der Waals surface area contributed by atoms with Crippen LogP contribution in [-0.2, 0) is 24.2 Å². The highest BCUT2D eigenvalue weighted by Gasteiger charge is 2.29. The summed E-state index contributed by atoms with van der Waals surface area (Å²) in [5.41, 5.74) is 1.88. The molecule has 3 aromatic rings. The number of nitrogens with zero attached hydrogens (tertiary/aromatic N) is 2. The van der Waals surface area contributed by atoms with Crippen molar-refractivity contribution in [2.75, 3.05) is 0 Å². The monoisotopic (exact) mass is 409 g/mol. The van der Waals surface area contributed by atoms with Gasteiger partial charge in [0.1, 0.15) is 11.6 Å². The predicted molar refractivity (Wildman–Crippen MR) is 114 cm³/mol. The molecule has 2 N–H and O–H groups in total. The standard InChI is InChI=1S/C23H27N3O4/c1-16-7-9-18(10-8-16)15-26-20(24-25-22(26)29)6-4-5-17-11-13-19(14-12-17)30-23(2,3)21(27)28/h7-14H,4-6,15H2,1-3H3,(H,25,29)(H,27,28). The summed E-state index contributed by atoms with van der Waals surface area (Å²) in [6.45, 7) is 5.56. The number of aliphatic carboxylic acids is 1. The number of benzene rings is 2. The number of aromatic nitrogens is 3. The highest BCUT2D eigenvalue weighted by molar-refractivity contribution is 5.76. The maximum Gasteiger partial charge on any atom is 0.347 e. The van der Waals surface area contributed by atoms with Crippen LogP contribution in [-0.4, -0.2) is 31.4 Å². The molecule has 0 bridgehead atoms. The third kappa shape index (κ3) is 5.37. The average molecular weight is 409 g/mol. The molecule has 0 radical (unpaired) electrons. The lowest BCUT2D eigenvalue weighted by atomic mass is 10.1. The SMILES string of the molecule is Cc1ccc(Cn2c(CCCc3ccc(OC(C)(C)C(=O)O)cc3)n[nH]c2=O)cc1. The summed E-state index contributed by atoms with van der Waals surface area (Å²) in [4.78, 5) is 23.3. The van der Waals surface area contributed by atoms with Crippen LogP contribution in [0.2, 0.25) is 0 Å². The minimum Gasteiger partial charge on any atom is -0.478 e. The van der Waals surface area contributed by atoms with Gasteiger partial charge in [0.05, 0.1) is 6.54 Å². The second-order valence-corrected chi connectivity index (χ2v) is 7.93. The summed E-state index contributed by atoms with van der Waals surface area (Å²) in [6.07, 6.45) is 2.32. The zero-order chi connectivity index (χ0) is 21.7. The van der Waals surface area contributed by atoms with Crippen LogP contribution >= 0.6 is 0 Å². The van der Waals surface area contributed by atoms with E-state index in [1.807, 2.05) is 43.3 Å². The minimum absolute atomic E-state index is 0.201. The molecule has 0 saturated carbocycles. The van der Waals surface area contributed by atoms with Crippen LogP contribution in [0.3, 0.4) is 0 Å². The molecule has 3 rings (SSSR count). The molecular weight excluding hydrogens is 382 g/mol. The lowest BCUT2D eigenvalue weighted by Crippen LogP contribution is -2.37. The van der Waals surface area contributed by atoms with Crippen LogP contribution in [0.4, 0.5) is 0 Å². The van der Waals surface area contributed by atoms with E-state index in [9.17, 15) is 9.59 Å². The van der Waals surface area contributed by atoms with Gasteiger partial charge in [-0.05, 0) is 56.9 Å². The first-order valence-corrected chi connectivity index (χ1v) is 9.95. The van der Waals surface area contributed by atoms with Gasteiger partial charge in [-0.25, -0.2) is 14.7 Å². The molecule has 0 atom stereocenters. The smallest absolute Gasteiger partial charge is 0.347 e. The number of hydrogen-bond donors (Lipinski definition) is 2. The number of carboxylic acid groups (broad SMARTS) is 1. The first-order valence-electron chi connectivity index (χ1n) is 9.95. The van der Waals surface area contributed by atoms with Gasteiger partial charge in [-0.2, -0.15) is 5.10 Å². The Morgan fingerprint density at radius 1 is 1.07 bits per heavy atom. The van der Waals surface area contributed by atoms with E-state index in [1.165, 1.54) is 19.4 Å². The molecule has 1 aromatic heterocycles. The quantitative estimate of drug-likeness (QED) is 0.565. The molecule has 0 aliphatic rings. The Hall–Kier alpha value is -3.35. The van der Waals surface area contributed by atoms with E-state index in [1.54, 1.807) is 16.7 Å². The van der Waals surface area contributed by atoms with E-state index >= 15 is 0 Å². The third-order valence-electron chi connectivity index (χ3n) is 4.98. The van der Waals surface area contributed by atoms with Gasteiger partial charge in [0.25, 0.3) is 0 Å². The van der Waals surface area contributed by atoms with Crippen LogP contribution in [0.15, 0.2) is 53.3 Å². The Labute approximate surface area is 175 Å². The van der Waals surface area contributed by atoms with Crippen molar-refractivity contribution in [1.29, 1.82) is 0 Å². The fraction of sp³-hybridized carbons (Fsp3) is 0.348. The van der Waals surface area contributed by atoms with E-state index in [0.717, 1.165) is 29.8 Å². The summed E-state index contributed by atoms with van der Waals surface area (Å²) in [5, 5.41) is 15.9. The molecule has 0 saturated heterocycles. The van der Waals surface area contributed by atoms with Crippen molar-refractivity contribution in [1.82, 2.24) is 14.8 Å². The summed E-state index contributed by atoms with van der Waals surface area (Å²) in [6, 6.07) is 15.5. The predicted octanol–water partition coefficient (Wildman–Crippen LogP) is 3.35. The van der Waals surface area contributed by atoms with Crippen LogP contribution in [0.25, 0.3) is 0 Å². The van der Waals surface area contributed by atoms with Crippen molar-refractivity contribution in [3.8, 4) is 5.75 Å². The molecule has 0 aliphatic carbocycles. The number of rotatable bonds is 9. The van der Waals surface area contributed by atoms with Gasteiger partial charge in [0.2, 0.25) is 0 Å². The molecular formula is C23H27N3O4. The summed E-state index contributed by atoms with van der Waals surface area (Å²) in [5.74, 6) is 0.247. The third-order valence-corrected chi connectivity index (χ3v) is 4.98. The molecule has 7 nitrogen and oxygen atoms in total. The molecule has 158 valence electrons. The molecule has 0 spiro atoms. The van der Waals surface area contributed by atoms with Gasteiger partial charge in [-0.1, -0.05) is 42.0 Å². The normalized spacial score (nSPS) is 11.4. The summed E-state index contributed by atoms with van der Waals surface area (Å²) < 4.78 is 7.20. The van der Waals surface area contributed by atoms with Crippen molar-refractivity contribution >= 4 is 5.97 Å². The lowest BCUT2D eigenvalue weighted by molar-refractivity contribution is -0.152. The van der Waals surface area contributed by atoms with E-state index in [4.69, 9.17) is 9.84 Å². The van der Waals surface area contributed by atoms with Crippen LogP contribution < -0.4 is 10.4 Å². The Morgan fingerprint density at radius 3 is 2.33 bits per heavy atom. The summed E-state index contributed by atoms with van der Waals surface area (Å²) in [7, 11) is 0. The molecule has 0 aliphatic heterocycles. The van der Waals surface area contributed by atoms with Gasteiger partial charge in [0, 0.05) is 6.42 Å². The Bertz CT molecular complexity index is 1050. The zero-order valence-electron chi connectivity index (χ0n) is 17.5. The number of hydrogen-bond acceptors (Lipinski definition) is 4. The fourth-order valence-electron chi connectivity index (χ4n) is 3.09. The number of carboxylic acids is 1. The van der Waals surface area contributed by atoms with Crippen molar-refractivity contribution < 1.29 is 14.6 Å². The summed E-state index contributed by atoms with van der Waals surface area (Å²) >= 11 is 0. The largest absolute Gasteiger partial charge is 0.478 e. The van der Waals surface area contributed by atoms with Crippen molar-refractivity contribution in [3.63, 3.8) is 0 Å². The van der Waals surface area contributed by atoms with E-state index < -0.39 is 11.6 Å². The number of H-pyrrole nitrogens is 1. The first-order chi connectivity index (χ1) is 14.2. The topological polar surface area (TPSA) is 97.2 Å². The lowest BCUT2D eigenvalue weighted by Gasteiger charge is -2.21. The molecule has 0 unspecified atom stereocenters. The van der Waals surface area contributed by atoms with Crippen molar-refractivity contribution in [2.45, 2.75) is 52.2 Å². The van der Waals surface area contributed by atoms with Gasteiger partial charge in [0.15, 0.2) is 5.60 Å². The highest BCUT2D eigenvalue weighted by Crippen LogP contribution is 2.20. The van der Waals surface area contributed by atoms with Crippen LogP contribution in [0.5, 0.6) is 5.75 Å². The molecule has 1 heterocycles. The molecule has 30 heavy (non-hydrogen) atoms. The number of aromatic amines is 1. The van der Waals surface area contributed by atoms with E-state index in [0.29, 0.717) is 18.7 Å². The van der Waals surface area contributed by atoms with Crippen molar-refractivity contribution in [3.05, 3.63) is 81.5 Å². The zero-order valence-corrected chi connectivity index (χ0v) is 17.5. The number of ether oxygens (including phenoxy) is 1. The minimum atomic E-state index is -1.28. The molecule has 0 amide bonds. The van der Waals surface area contributed by atoms with Crippen LogP contribution in [0, 0.1) is 6.92 Å². The van der Waals surface area contributed by atoms with Gasteiger partial charge < -0.3 is 9.84 Å². The second-order valence-electron chi connectivity index (χ2n) is 7.93. The number of aryl methyl sites for hydroxylation is 3. The second kappa shape index (κ2) is 8.98. The first kappa shape index (κ1) is 21.4. The highest BCUT2D eigenvalue weighted by atomic mass is 16.5. The Kier molecular flexibility index (Phi) is 6.40. The fourth-order valence-corrected chi connectivity index (χ4v) is 3.09. The molecule has 7 heteroatoms. The maximum atomic E-state index is 12.1. The molecule has 2 aromatic carbocycles. The van der Waals surface area contributed by atoms with E-state index in [-0.39, 0.29) is 5.69 Å². The average Bonchev–Trinajstić information content (AvgIpc) is 3.04. The number of nitrogens with one attached hydrogen (secondary N) is 1. The van der Waals surface area contributed by atoms with Gasteiger partial charge >= 0.3 is 11.7 Å². The Morgan fingerprint density at radius 2 is 1.70 bits per heavy atom. The maximum absolute atomic E-state index is 12.1. The van der Waals surface area contributed by atoms with Gasteiger partial charge in [-0.3, -0.25) is 4.57 Å². The van der Waals surface area contributed by atoms with E-state index in [2.05, 4.69) is 10.2 Å². The Balaban J connectivity index is 1.57. The number of carbonyl (C=O) groups is 1. The van der Waals surface area contributed by atoms with Crippen molar-refractivity contribution in [2.24, 2.45) is 0 Å². The molecule has 0 fully saturated rings. The van der Waals surface area contributed by atoms with Crippen LogP contribution in [0.1, 0.15) is 42.8 Å². The van der Waals surface area contributed by atoms with Gasteiger partial charge in [-0.15, -0.1) is 0 Å².